The lowest BCUT2D eigenvalue weighted by atomic mass is 9.67. The Morgan fingerprint density at radius 3 is 2.71 bits per heavy atom. The average molecular weight is 224 g/mol. The molecule has 0 bridgehead atoms. The van der Waals surface area contributed by atoms with Crippen LogP contribution in [0, 0.1) is 11.8 Å². The highest BCUT2D eigenvalue weighted by Gasteiger charge is 2.47. The van der Waals surface area contributed by atoms with Crippen molar-refractivity contribution >= 4 is 11.4 Å². The number of carbonyl (C=O) groups excluding carboxylic acids is 1. The molecule has 1 saturated carbocycles. The molecule has 1 aromatic rings. The molecule has 2 aliphatic carbocycles. The van der Waals surface area contributed by atoms with E-state index in [1.807, 2.05) is 19.1 Å². The Morgan fingerprint density at radius 1 is 1.24 bits per heavy atom. The smallest absolute Gasteiger partial charge is 0.140 e. The number of carbonyl (C=O) groups is 1. The zero-order valence-electron chi connectivity index (χ0n) is 10.0. The van der Waals surface area contributed by atoms with Gasteiger partial charge in [0.2, 0.25) is 0 Å². The lowest BCUT2D eigenvalue weighted by Crippen LogP contribution is -2.28. The zero-order valence-corrected chi connectivity index (χ0v) is 10.0. The van der Waals surface area contributed by atoms with Crippen LogP contribution < -0.4 is 0 Å². The van der Waals surface area contributed by atoms with Crippen LogP contribution in [0.3, 0.4) is 0 Å². The van der Waals surface area contributed by atoms with Crippen molar-refractivity contribution in [1.29, 1.82) is 0 Å². The van der Waals surface area contributed by atoms with Gasteiger partial charge in [-0.25, -0.2) is 0 Å². The number of Topliss-reactive ketones (excluding diaryl/α,β-unsaturated/α-hetero) is 1. The quantitative estimate of drug-likeness (QED) is 0.749. The summed E-state index contributed by atoms with van der Waals surface area (Å²) in [5.41, 5.74) is 3.95. The molecule has 2 aliphatic rings. The zero-order chi connectivity index (χ0) is 11.8. The maximum atomic E-state index is 11.8. The molecule has 1 heteroatoms. The molecule has 0 saturated heterocycles. The molecular formula is C16H16O. The van der Waals surface area contributed by atoms with Gasteiger partial charge in [-0.3, -0.25) is 4.79 Å². The minimum absolute atomic E-state index is 0.196. The third kappa shape index (κ3) is 1.49. The highest BCUT2D eigenvalue weighted by Crippen LogP contribution is 2.54. The van der Waals surface area contributed by atoms with E-state index in [0.717, 1.165) is 12.8 Å². The molecule has 1 aromatic carbocycles. The number of benzene rings is 1. The van der Waals surface area contributed by atoms with Crippen LogP contribution in [0.1, 0.15) is 25.3 Å². The normalized spacial score (nSPS) is 27.5. The summed E-state index contributed by atoms with van der Waals surface area (Å²) in [5, 5.41) is 0. The van der Waals surface area contributed by atoms with Gasteiger partial charge in [0, 0.05) is 12.3 Å². The molecule has 0 aromatic heterocycles. The van der Waals surface area contributed by atoms with Crippen molar-refractivity contribution in [1.82, 2.24) is 0 Å². The summed E-state index contributed by atoms with van der Waals surface area (Å²) >= 11 is 0. The molecule has 0 N–H and O–H groups in total. The van der Waals surface area contributed by atoms with Crippen LogP contribution in [0.4, 0.5) is 0 Å². The van der Waals surface area contributed by atoms with Gasteiger partial charge in [0.05, 0.1) is 0 Å². The largest absolute Gasteiger partial charge is 0.299 e. The van der Waals surface area contributed by atoms with Crippen LogP contribution in [0.2, 0.25) is 0 Å². The Morgan fingerprint density at radius 2 is 2.00 bits per heavy atom. The second-order valence-electron chi connectivity index (χ2n) is 4.82. The fourth-order valence-electron chi connectivity index (χ4n) is 3.20. The molecule has 0 unspecified atom stereocenters. The van der Waals surface area contributed by atoms with Crippen molar-refractivity contribution in [2.24, 2.45) is 11.8 Å². The number of hydrogen-bond donors (Lipinski definition) is 0. The second kappa shape index (κ2) is 3.99. The Labute approximate surface area is 102 Å². The number of hydrogen-bond acceptors (Lipinski definition) is 1. The average Bonchev–Trinajstić information content (AvgIpc) is 2.65. The predicted octanol–water partition coefficient (Wildman–Crippen LogP) is 3.63. The van der Waals surface area contributed by atoms with E-state index >= 15 is 0 Å². The van der Waals surface area contributed by atoms with Crippen LogP contribution in [0.5, 0.6) is 0 Å². The molecular weight excluding hydrogens is 208 g/mol. The number of allylic oxidation sites excluding steroid dienone is 4. The van der Waals surface area contributed by atoms with E-state index in [4.69, 9.17) is 0 Å². The van der Waals surface area contributed by atoms with Crippen molar-refractivity contribution in [3.63, 3.8) is 0 Å². The lowest BCUT2D eigenvalue weighted by Gasteiger charge is -2.35. The number of rotatable bonds is 2. The maximum Gasteiger partial charge on any atom is 0.140 e. The van der Waals surface area contributed by atoms with E-state index in [2.05, 4.69) is 30.3 Å². The lowest BCUT2D eigenvalue weighted by molar-refractivity contribution is -0.120. The van der Waals surface area contributed by atoms with Crippen molar-refractivity contribution in [3.05, 3.63) is 53.6 Å². The summed E-state index contributed by atoms with van der Waals surface area (Å²) in [6.07, 6.45) is 5.95. The van der Waals surface area contributed by atoms with Gasteiger partial charge in [0.25, 0.3) is 0 Å². The molecule has 1 nitrogen and oxygen atoms in total. The topological polar surface area (TPSA) is 17.1 Å². The van der Waals surface area contributed by atoms with Gasteiger partial charge in [-0.1, -0.05) is 42.5 Å². The van der Waals surface area contributed by atoms with Crippen molar-refractivity contribution in [2.75, 3.05) is 0 Å². The predicted molar refractivity (Wildman–Crippen MR) is 69.4 cm³/mol. The Hall–Kier alpha value is -1.63. The second-order valence-corrected chi connectivity index (χ2v) is 4.82. The van der Waals surface area contributed by atoms with Crippen molar-refractivity contribution in [2.45, 2.75) is 19.8 Å². The third-order valence-corrected chi connectivity index (χ3v) is 3.90. The van der Waals surface area contributed by atoms with E-state index in [1.165, 1.54) is 16.7 Å². The van der Waals surface area contributed by atoms with Crippen LogP contribution in [-0.4, -0.2) is 5.78 Å². The summed E-state index contributed by atoms with van der Waals surface area (Å²) in [6, 6.07) is 10.5. The number of ketones is 1. The Bertz CT molecular complexity index is 508. The minimum Gasteiger partial charge on any atom is -0.299 e. The Balaban J connectivity index is 2.07. The van der Waals surface area contributed by atoms with Crippen LogP contribution in [-0.2, 0) is 4.79 Å². The molecule has 17 heavy (non-hydrogen) atoms. The number of fused-ring (bicyclic) bond motifs is 1. The third-order valence-electron chi connectivity index (χ3n) is 3.90. The first-order valence-electron chi connectivity index (χ1n) is 6.28. The van der Waals surface area contributed by atoms with Gasteiger partial charge in [-0.2, -0.15) is 0 Å². The van der Waals surface area contributed by atoms with Gasteiger partial charge in [0.1, 0.15) is 5.78 Å². The van der Waals surface area contributed by atoms with E-state index in [-0.39, 0.29) is 5.92 Å². The van der Waals surface area contributed by atoms with Gasteiger partial charge in [-0.15, -0.1) is 0 Å². The maximum absolute atomic E-state index is 11.8. The SMILES string of the molecule is C/C=C\C1=C(c2ccccc2)[C@H]2CCC(=O)[C@@H]12. The highest BCUT2D eigenvalue weighted by atomic mass is 16.1. The summed E-state index contributed by atoms with van der Waals surface area (Å²) in [6.45, 7) is 2.02. The fourth-order valence-corrected chi connectivity index (χ4v) is 3.20. The van der Waals surface area contributed by atoms with Crippen molar-refractivity contribution in [3.8, 4) is 0 Å². The first-order chi connectivity index (χ1) is 8.33. The highest BCUT2D eigenvalue weighted by molar-refractivity contribution is 5.98. The standard InChI is InChI=1S/C16H16O/c1-2-6-12-15(11-7-4-3-5-8-11)13-9-10-14(17)16(12)13/h2-8,13,16H,9-10H2,1H3/b6-2-/t13-,16+/m1/s1. The summed E-state index contributed by atoms with van der Waals surface area (Å²) in [4.78, 5) is 11.8. The minimum atomic E-state index is 0.196. The van der Waals surface area contributed by atoms with Crippen LogP contribution in [0.15, 0.2) is 48.1 Å². The Kier molecular flexibility index (Phi) is 2.47. The summed E-state index contributed by atoms with van der Waals surface area (Å²) < 4.78 is 0. The first kappa shape index (κ1) is 10.5. The molecule has 0 spiro atoms. The fraction of sp³-hybridized carbons (Fsp3) is 0.312. The van der Waals surface area contributed by atoms with E-state index < -0.39 is 0 Å². The van der Waals surface area contributed by atoms with Crippen LogP contribution >= 0.6 is 0 Å². The molecule has 86 valence electrons. The first-order valence-corrected chi connectivity index (χ1v) is 6.28. The molecule has 0 heterocycles. The van der Waals surface area contributed by atoms with Gasteiger partial charge < -0.3 is 0 Å². The molecule has 2 atom stereocenters. The van der Waals surface area contributed by atoms with Crippen molar-refractivity contribution < 1.29 is 4.79 Å². The van der Waals surface area contributed by atoms with Gasteiger partial charge in [-0.05, 0) is 36.0 Å². The molecule has 0 radical (unpaired) electrons. The molecule has 1 fully saturated rings. The van der Waals surface area contributed by atoms with E-state index in [1.54, 1.807) is 0 Å². The monoisotopic (exact) mass is 224 g/mol. The van der Waals surface area contributed by atoms with Gasteiger partial charge in [0.15, 0.2) is 0 Å². The molecule has 0 aliphatic heterocycles. The summed E-state index contributed by atoms with van der Waals surface area (Å²) in [5.74, 6) is 1.11. The summed E-state index contributed by atoms with van der Waals surface area (Å²) in [7, 11) is 0. The van der Waals surface area contributed by atoms with Crippen LogP contribution in [0.25, 0.3) is 5.57 Å². The molecule has 0 amide bonds. The molecule has 3 rings (SSSR count). The van der Waals surface area contributed by atoms with E-state index in [0.29, 0.717) is 11.7 Å². The van der Waals surface area contributed by atoms with E-state index in [9.17, 15) is 4.79 Å². The van der Waals surface area contributed by atoms with Gasteiger partial charge >= 0.3 is 0 Å².